The smallest absolute Gasteiger partial charge is 0.332 e. The number of amides is 1. The lowest BCUT2D eigenvalue weighted by Crippen LogP contribution is -2.63. The van der Waals surface area contributed by atoms with Crippen LogP contribution in [-0.4, -0.2) is 48.6 Å². The van der Waals surface area contributed by atoms with Gasteiger partial charge in [0.05, 0.1) is 5.39 Å². The fraction of sp³-hybridized carbons (Fsp3) is 0.652. The Kier molecular flexibility index (Phi) is 6.15. The first kappa shape index (κ1) is 23.2. The van der Waals surface area contributed by atoms with Crippen LogP contribution >= 0.6 is 0 Å². The minimum atomic E-state index is -0.459. The standard InChI is InChI=1S/C23H35N5O3/c1-8-9-12-28(15-13-22(2,3)25-23(4,5)14-15)20(30)17-11-10-16-18(24-17)26(6)21(31)27(7)19(16)29/h10-11,15,25H,8-9,12-14H2,1-7H3. The van der Waals surface area contributed by atoms with Crippen LogP contribution in [0.1, 0.15) is 70.8 Å². The van der Waals surface area contributed by atoms with Gasteiger partial charge in [-0.2, -0.15) is 0 Å². The first-order valence-corrected chi connectivity index (χ1v) is 11.0. The van der Waals surface area contributed by atoms with E-state index in [0.29, 0.717) is 11.9 Å². The summed E-state index contributed by atoms with van der Waals surface area (Å²) in [7, 11) is 3.01. The molecule has 2 aromatic rings. The molecular formula is C23H35N5O3. The molecule has 1 N–H and O–H groups in total. The largest absolute Gasteiger partial charge is 0.334 e. The Bertz CT molecular complexity index is 1100. The van der Waals surface area contributed by atoms with E-state index in [-0.39, 0.29) is 34.4 Å². The number of aromatic nitrogens is 3. The number of pyridine rings is 1. The summed E-state index contributed by atoms with van der Waals surface area (Å²) in [4.78, 5) is 44.8. The third-order valence-corrected chi connectivity index (χ3v) is 6.14. The van der Waals surface area contributed by atoms with E-state index in [0.717, 1.165) is 30.3 Å². The van der Waals surface area contributed by atoms with Gasteiger partial charge in [0.2, 0.25) is 0 Å². The van der Waals surface area contributed by atoms with Crippen LogP contribution in [0.3, 0.4) is 0 Å². The lowest BCUT2D eigenvalue weighted by Gasteiger charge is -2.49. The number of unbranched alkanes of at least 4 members (excludes halogenated alkanes) is 1. The zero-order valence-corrected chi connectivity index (χ0v) is 19.8. The number of carbonyl (C=O) groups excluding carboxylic acids is 1. The summed E-state index contributed by atoms with van der Waals surface area (Å²) < 4.78 is 2.37. The maximum atomic E-state index is 13.6. The van der Waals surface area contributed by atoms with Gasteiger partial charge in [0.15, 0.2) is 0 Å². The topological polar surface area (TPSA) is 89.2 Å². The van der Waals surface area contributed by atoms with Gasteiger partial charge >= 0.3 is 5.69 Å². The van der Waals surface area contributed by atoms with Crippen molar-refractivity contribution in [1.29, 1.82) is 0 Å². The van der Waals surface area contributed by atoms with E-state index in [1.54, 1.807) is 19.2 Å². The quantitative estimate of drug-likeness (QED) is 0.787. The Hall–Kier alpha value is -2.48. The van der Waals surface area contributed by atoms with Crippen LogP contribution in [0.15, 0.2) is 21.7 Å². The fourth-order valence-corrected chi connectivity index (χ4v) is 4.99. The van der Waals surface area contributed by atoms with Gasteiger partial charge in [0.25, 0.3) is 11.5 Å². The molecular weight excluding hydrogens is 394 g/mol. The van der Waals surface area contributed by atoms with Crippen molar-refractivity contribution < 1.29 is 4.79 Å². The third kappa shape index (κ3) is 4.59. The number of piperidine rings is 1. The molecule has 8 heteroatoms. The van der Waals surface area contributed by atoms with Gasteiger partial charge in [-0.25, -0.2) is 9.78 Å². The summed E-state index contributed by atoms with van der Waals surface area (Å²) in [6.07, 6.45) is 3.58. The van der Waals surface area contributed by atoms with Crippen molar-refractivity contribution in [3.8, 4) is 0 Å². The molecule has 0 unspecified atom stereocenters. The number of aryl methyl sites for hydroxylation is 1. The van der Waals surface area contributed by atoms with Gasteiger partial charge < -0.3 is 10.2 Å². The van der Waals surface area contributed by atoms with E-state index >= 15 is 0 Å². The molecule has 1 fully saturated rings. The molecule has 1 aliphatic rings. The number of nitrogens with one attached hydrogen (secondary N) is 1. The van der Waals surface area contributed by atoms with Crippen molar-refractivity contribution in [1.82, 2.24) is 24.3 Å². The second-order valence-electron chi connectivity index (χ2n) is 10.1. The Morgan fingerprint density at radius 2 is 1.74 bits per heavy atom. The van der Waals surface area contributed by atoms with E-state index in [2.05, 4.69) is 44.9 Å². The first-order valence-electron chi connectivity index (χ1n) is 11.0. The summed E-state index contributed by atoms with van der Waals surface area (Å²) in [6.45, 7) is 11.4. The molecule has 0 saturated carbocycles. The second kappa shape index (κ2) is 8.22. The molecule has 0 atom stereocenters. The Morgan fingerprint density at radius 3 is 2.32 bits per heavy atom. The highest BCUT2D eigenvalue weighted by Gasteiger charge is 2.41. The molecule has 0 spiro atoms. The van der Waals surface area contributed by atoms with E-state index in [9.17, 15) is 14.4 Å². The van der Waals surface area contributed by atoms with Crippen molar-refractivity contribution in [3.63, 3.8) is 0 Å². The summed E-state index contributed by atoms with van der Waals surface area (Å²) in [5.41, 5.74) is -0.552. The van der Waals surface area contributed by atoms with Crippen LogP contribution in [0.2, 0.25) is 0 Å². The van der Waals surface area contributed by atoms with Crippen molar-refractivity contribution in [2.75, 3.05) is 6.54 Å². The predicted molar refractivity (Wildman–Crippen MR) is 122 cm³/mol. The maximum absolute atomic E-state index is 13.6. The van der Waals surface area contributed by atoms with Gasteiger partial charge in [-0.3, -0.25) is 18.7 Å². The van der Waals surface area contributed by atoms with Crippen molar-refractivity contribution in [3.05, 3.63) is 38.7 Å². The average molecular weight is 430 g/mol. The number of carbonyl (C=O) groups is 1. The van der Waals surface area contributed by atoms with E-state index < -0.39 is 11.2 Å². The SMILES string of the molecule is CCCCN(C(=O)c1ccc2c(=O)n(C)c(=O)n(C)c2n1)C1CC(C)(C)NC(C)(C)C1. The molecule has 3 rings (SSSR count). The Labute approximate surface area is 183 Å². The molecule has 1 aliphatic heterocycles. The number of nitrogens with zero attached hydrogens (tertiary/aromatic N) is 4. The highest BCUT2D eigenvalue weighted by atomic mass is 16.2. The maximum Gasteiger partial charge on any atom is 0.332 e. The Balaban J connectivity index is 2.05. The average Bonchev–Trinajstić information content (AvgIpc) is 2.68. The number of hydrogen-bond acceptors (Lipinski definition) is 5. The van der Waals surface area contributed by atoms with Crippen molar-refractivity contribution in [2.24, 2.45) is 14.1 Å². The van der Waals surface area contributed by atoms with Crippen LogP contribution in [0.5, 0.6) is 0 Å². The van der Waals surface area contributed by atoms with E-state index in [1.807, 2.05) is 4.90 Å². The highest BCUT2D eigenvalue weighted by molar-refractivity contribution is 5.94. The minimum absolute atomic E-state index is 0.0789. The van der Waals surface area contributed by atoms with Gasteiger partial charge in [-0.15, -0.1) is 0 Å². The number of fused-ring (bicyclic) bond motifs is 1. The summed E-state index contributed by atoms with van der Waals surface area (Å²) in [6, 6.07) is 3.29. The molecule has 0 aliphatic carbocycles. The monoisotopic (exact) mass is 429 g/mol. The summed E-state index contributed by atoms with van der Waals surface area (Å²) >= 11 is 0. The molecule has 0 radical (unpaired) electrons. The molecule has 3 heterocycles. The second-order valence-corrected chi connectivity index (χ2v) is 10.1. The van der Waals surface area contributed by atoms with Crippen LogP contribution in [-0.2, 0) is 14.1 Å². The lowest BCUT2D eigenvalue weighted by molar-refractivity contribution is 0.0437. The van der Waals surface area contributed by atoms with Crippen molar-refractivity contribution >= 4 is 16.9 Å². The van der Waals surface area contributed by atoms with Crippen LogP contribution in [0, 0.1) is 0 Å². The molecule has 170 valence electrons. The molecule has 0 bridgehead atoms. The van der Waals surface area contributed by atoms with Gasteiger partial charge in [-0.05, 0) is 59.1 Å². The fourth-order valence-electron chi connectivity index (χ4n) is 4.99. The lowest BCUT2D eigenvalue weighted by atomic mass is 9.79. The zero-order valence-electron chi connectivity index (χ0n) is 19.8. The normalized spacial score (nSPS) is 18.3. The van der Waals surface area contributed by atoms with Crippen LogP contribution in [0.25, 0.3) is 11.0 Å². The molecule has 0 aromatic carbocycles. The first-order chi connectivity index (χ1) is 14.4. The van der Waals surface area contributed by atoms with Gasteiger partial charge in [0.1, 0.15) is 11.3 Å². The predicted octanol–water partition coefficient (Wildman–Crippen LogP) is 2.18. The van der Waals surface area contributed by atoms with Gasteiger partial charge in [0, 0.05) is 37.8 Å². The summed E-state index contributed by atoms with van der Waals surface area (Å²) in [5, 5.41) is 4.00. The van der Waals surface area contributed by atoms with E-state index in [4.69, 9.17) is 0 Å². The van der Waals surface area contributed by atoms with Gasteiger partial charge in [-0.1, -0.05) is 13.3 Å². The Morgan fingerprint density at radius 1 is 1.13 bits per heavy atom. The molecule has 1 saturated heterocycles. The zero-order chi connectivity index (χ0) is 23.1. The summed E-state index contributed by atoms with van der Waals surface area (Å²) in [5.74, 6) is -0.151. The minimum Gasteiger partial charge on any atom is -0.334 e. The van der Waals surface area contributed by atoms with E-state index in [1.165, 1.54) is 11.6 Å². The van der Waals surface area contributed by atoms with Crippen LogP contribution in [0.4, 0.5) is 0 Å². The number of hydrogen-bond donors (Lipinski definition) is 1. The third-order valence-electron chi connectivity index (χ3n) is 6.14. The highest BCUT2D eigenvalue weighted by Crippen LogP contribution is 2.32. The molecule has 2 aromatic heterocycles. The number of rotatable bonds is 5. The molecule has 8 nitrogen and oxygen atoms in total. The van der Waals surface area contributed by atoms with Crippen LogP contribution < -0.4 is 16.6 Å². The van der Waals surface area contributed by atoms with Crippen molar-refractivity contribution in [2.45, 2.75) is 77.4 Å². The molecule has 31 heavy (non-hydrogen) atoms. The molecule has 1 amide bonds.